The molecule has 2 N–H and O–H groups in total. The second kappa shape index (κ2) is 8.97. The molecule has 1 saturated heterocycles. The van der Waals surface area contributed by atoms with Crippen LogP contribution in [0.25, 0.3) is 0 Å². The highest BCUT2D eigenvalue weighted by molar-refractivity contribution is 7.89. The van der Waals surface area contributed by atoms with Gasteiger partial charge in [0.2, 0.25) is 10.0 Å². The Hall–Kier alpha value is -1.38. The number of rotatable bonds is 6. The van der Waals surface area contributed by atoms with E-state index in [-0.39, 0.29) is 29.6 Å². The van der Waals surface area contributed by atoms with Crippen LogP contribution >= 0.6 is 11.6 Å². The van der Waals surface area contributed by atoms with E-state index < -0.39 is 10.0 Å². The number of guanidine groups is 1. The maximum Gasteiger partial charge on any atom is 0.214 e. The van der Waals surface area contributed by atoms with E-state index in [9.17, 15) is 12.8 Å². The lowest BCUT2D eigenvalue weighted by molar-refractivity contribution is 0.306. The number of piperidine rings is 1. The normalized spacial score (nSPS) is 24.2. The van der Waals surface area contributed by atoms with Crippen molar-refractivity contribution in [2.24, 2.45) is 4.99 Å². The van der Waals surface area contributed by atoms with E-state index in [4.69, 9.17) is 11.6 Å². The summed E-state index contributed by atoms with van der Waals surface area (Å²) >= 11 is 6.16. The van der Waals surface area contributed by atoms with Gasteiger partial charge in [-0.3, -0.25) is 4.99 Å². The predicted octanol–water partition coefficient (Wildman–Crippen LogP) is 2.70. The molecule has 28 heavy (non-hydrogen) atoms. The molecule has 0 spiro atoms. The number of benzene rings is 1. The molecule has 1 aliphatic heterocycles. The van der Waals surface area contributed by atoms with Gasteiger partial charge < -0.3 is 10.6 Å². The molecule has 2 fully saturated rings. The van der Waals surface area contributed by atoms with Crippen molar-refractivity contribution in [3.8, 4) is 0 Å². The zero-order chi connectivity index (χ0) is 20.3. The summed E-state index contributed by atoms with van der Waals surface area (Å²) in [6, 6.07) is 5.01. The molecule has 1 saturated carbocycles. The van der Waals surface area contributed by atoms with E-state index in [1.165, 1.54) is 6.07 Å². The van der Waals surface area contributed by atoms with Crippen molar-refractivity contribution >= 4 is 27.6 Å². The Balaban J connectivity index is 1.50. The fraction of sp³-hybridized carbons (Fsp3) is 0.632. The summed E-state index contributed by atoms with van der Waals surface area (Å²) in [5.74, 6) is 0.629. The Morgan fingerprint density at radius 2 is 2.04 bits per heavy atom. The van der Waals surface area contributed by atoms with Gasteiger partial charge in [-0.05, 0) is 37.8 Å². The summed E-state index contributed by atoms with van der Waals surface area (Å²) in [6.45, 7) is 2.92. The molecule has 156 valence electrons. The van der Waals surface area contributed by atoms with Gasteiger partial charge in [0.25, 0.3) is 0 Å². The second-order valence-corrected chi connectivity index (χ2v) is 9.93. The van der Waals surface area contributed by atoms with Crippen molar-refractivity contribution in [3.05, 3.63) is 34.6 Å². The van der Waals surface area contributed by atoms with Gasteiger partial charge in [-0.2, -0.15) is 0 Å². The molecule has 2 unspecified atom stereocenters. The number of hydrogen-bond acceptors (Lipinski definition) is 3. The third-order valence-corrected chi connectivity index (χ3v) is 7.76. The van der Waals surface area contributed by atoms with Gasteiger partial charge in [-0.25, -0.2) is 17.1 Å². The highest BCUT2D eigenvalue weighted by atomic mass is 35.5. The molecule has 0 radical (unpaired) electrons. The first-order chi connectivity index (χ1) is 13.4. The summed E-state index contributed by atoms with van der Waals surface area (Å²) in [4.78, 5) is 4.27. The SMILES string of the molecule is CCCS(=O)(=O)N1CCC(NC(=NC)NC2CC2c2c(F)cccc2Cl)CC1. The van der Waals surface area contributed by atoms with Crippen LogP contribution in [-0.4, -0.2) is 56.7 Å². The van der Waals surface area contributed by atoms with Crippen LogP contribution in [0, 0.1) is 5.82 Å². The van der Waals surface area contributed by atoms with Crippen LogP contribution in [0.1, 0.15) is 44.1 Å². The minimum Gasteiger partial charge on any atom is -0.354 e. The van der Waals surface area contributed by atoms with Gasteiger partial charge in [0, 0.05) is 48.7 Å². The van der Waals surface area contributed by atoms with Crippen LogP contribution in [0.3, 0.4) is 0 Å². The van der Waals surface area contributed by atoms with E-state index >= 15 is 0 Å². The van der Waals surface area contributed by atoms with Crippen molar-refractivity contribution < 1.29 is 12.8 Å². The molecule has 0 bridgehead atoms. The summed E-state index contributed by atoms with van der Waals surface area (Å²) in [7, 11) is -1.44. The zero-order valence-electron chi connectivity index (χ0n) is 16.3. The molecule has 2 aliphatic rings. The summed E-state index contributed by atoms with van der Waals surface area (Å²) in [6.07, 6.45) is 2.90. The summed E-state index contributed by atoms with van der Waals surface area (Å²) in [5, 5.41) is 7.16. The Kier molecular flexibility index (Phi) is 6.83. The van der Waals surface area contributed by atoms with Gasteiger partial charge in [0.15, 0.2) is 5.96 Å². The van der Waals surface area contributed by atoms with Crippen LogP contribution in [0.5, 0.6) is 0 Å². The molecular weight excluding hydrogens is 403 g/mol. The Morgan fingerprint density at radius 3 is 2.64 bits per heavy atom. The van der Waals surface area contributed by atoms with Crippen molar-refractivity contribution in [1.29, 1.82) is 0 Å². The van der Waals surface area contributed by atoms with Gasteiger partial charge in [0.1, 0.15) is 5.82 Å². The molecule has 3 rings (SSSR count). The van der Waals surface area contributed by atoms with Crippen LogP contribution in [0.4, 0.5) is 4.39 Å². The maximum atomic E-state index is 14.1. The zero-order valence-corrected chi connectivity index (χ0v) is 17.9. The molecule has 1 aromatic carbocycles. The van der Waals surface area contributed by atoms with E-state index in [0.29, 0.717) is 36.1 Å². The van der Waals surface area contributed by atoms with Crippen LogP contribution in [0.2, 0.25) is 5.02 Å². The first-order valence-electron chi connectivity index (χ1n) is 9.77. The van der Waals surface area contributed by atoms with E-state index in [1.807, 2.05) is 6.92 Å². The number of hydrogen-bond donors (Lipinski definition) is 2. The van der Waals surface area contributed by atoms with E-state index in [2.05, 4.69) is 15.6 Å². The number of halogens is 2. The smallest absolute Gasteiger partial charge is 0.214 e. The predicted molar refractivity (Wildman–Crippen MR) is 111 cm³/mol. The largest absolute Gasteiger partial charge is 0.354 e. The average Bonchev–Trinajstić information content (AvgIpc) is 3.40. The highest BCUT2D eigenvalue weighted by Gasteiger charge is 2.42. The van der Waals surface area contributed by atoms with Crippen LogP contribution in [-0.2, 0) is 10.0 Å². The molecule has 2 atom stereocenters. The standard InChI is InChI=1S/C19H28ClFN4O2S/c1-3-11-28(26,27)25-9-7-13(8-10-25)23-19(22-2)24-17-12-14(17)18-15(20)5-4-6-16(18)21/h4-6,13-14,17H,3,7-12H2,1-2H3,(H2,22,23,24). The van der Waals surface area contributed by atoms with Crippen molar-refractivity contribution in [1.82, 2.24) is 14.9 Å². The quantitative estimate of drug-likeness (QED) is 0.537. The molecule has 9 heteroatoms. The van der Waals surface area contributed by atoms with Crippen molar-refractivity contribution in [2.45, 2.75) is 50.6 Å². The van der Waals surface area contributed by atoms with Gasteiger partial charge in [0.05, 0.1) is 5.75 Å². The maximum absolute atomic E-state index is 14.1. The first kappa shape index (κ1) is 21.3. The highest BCUT2D eigenvalue weighted by Crippen LogP contribution is 2.44. The Bertz CT molecular complexity index is 805. The third kappa shape index (κ3) is 4.96. The Morgan fingerprint density at radius 1 is 1.32 bits per heavy atom. The molecule has 1 aromatic rings. The van der Waals surface area contributed by atoms with Crippen molar-refractivity contribution in [2.75, 3.05) is 25.9 Å². The number of nitrogens with one attached hydrogen (secondary N) is 2. The number of aliphatic imine (C=N–C) groups is 1. The van der Waals surface area contributed by atoms with Crippen molar-refractivity contribution in [3.63, 3.8) is 0 Å². The van der Waals surface area contributed by atoms with Gasteiger partial charge in [-0.15, -0.1) is 0 Å². The summed E-state index contributed by atoms with van der Waals surface area (Å²) < 4.78 is 40.0. The second-order valence-electron chi connectivity index (χ2n) is 7.43. The molecular formula is C19H28ClFN4O2S. The molecule has 0 amide bonds. The Labute approximate surface area is 171 Å². The van der Waals surface area contributed by atoms with Gasteiger partial charge >= 0.3 is 0 Å². The molecule has 6 nitrogen and oxygen atoms in total. The average molecular weight is 431 g/mol. The fourth-order valence-corrected chi connectivity index (χ4v) is 5.59. The van der Waals surface area contributed by atoms with E-state index in [1.54, 1.807) is 23.5 Å². The van der Waals surface area contributed by atoms with Crippen LogP contribution in [0.15, 0.2) is 23.2 Å². The van der Waals surface area contributed by atoms with E-state index in [0.717, 1.165) is 19.3 Å². The number of nitrogens with zero attached hydrogens (tertiary/aromatic N) is 2. The molecule has 0 aromatic heterocycles. The fourth-order valence-electron chi connectivity index (χ4n) is 3.74. The lowest BCUT2D eigenvalue weighted by Crippen LogP contribution is -2.50. The topological polar surface area (TPSA) is 73.8 Å². The summed E-state index contributed by atoms with van der Waals surface area (Å²) in [5.41, 5.74) is 0.562. The minimum atomic E-state index is -3.13. The van der Waals surface area contributed by atoms with Gasteiger partial charge in [-0.1, -0.05) is 24.6 Å². The first-order valence-corrected chi connectivity index (χ1v) is 11.8. The van der Waals surface area contributed by atoms with Crippen LogP contribution < -0.4 is 10.6 Å². The lowest BCUT2D eigenvalue weighted by Gasteiger charge is -2.32. The lowest BCUT2D eigenvalue weighted by atomic mass is 10.1. The number of sulfonamides is 1. The molecule has 1 aliphatic carbocycles. The minimum absolute atomic E-state index is 0.0354. The monoisotopic (exact) mass is 430 g/mol. The molecule has 1 heterocycles. The third-order valence-electron chi connectivity index (χ3n) is 5.36.